The van der Waals surface area contributed by atoms with Gasteiger partial charge in [-0.25, -0.2) is 13.8 Å². The highest BCUT2D eigenvalue weighted by molar-refractivity contribution is 7.10. The molecule has 2 atom stereocenters. The molecule has 4 nitrogen and oxygen atoms in total. The molecule has 120 valence electrons. The Labute approximate surface area is 136 Å². The molecule has 1 aromatic heterocycles. The van der Waals surface area contributed by atoms with Gasteiger partial charge in [0.15, 0.2) is 11.7 Å². The first-order chi connectivity index (χ1) is 11.0. The predicted molar refractivity (Wildman–Crippen MR) is 81.9 cm³/mol. The lowest BCUT2D eigenvalue weighted by atomic mass is 10.0. The van der Waals surface area contributed by atoms with Gasteiger partial charge in [-0.3, -0.25) is 4.79 Å². The number of thiazole rings is 1. The van der Waals surface area contributed by atoms with Crippen molar-refractivity contribution in [3.63, 3.8) is 0 Å². The van der Waals surface area contributed by atoms with Gasteiger partial charge in [0.2, 0.25) is 0 Å². The topological polar surface area (TPSA) is 63.0 Å². The maximum Gasteiger partial charge on any atom is 0.159 e. The van der Waals surface area contributed by atoms with Crippen LogP contribution in [0.4, 0.5) is 8.78 Å². The number of carbonyl (C=O) groups is 1. The summed E-state index contributed by atoms with van der Waals surface area (Å²) in [5, 5.41) is 10.9. The van der Waals surface area contributed by atoms with E-state index in [0.717, 1.165) is 23.5 Å². The molecule has 0 spiro atoms. The normalized spacial score (nSPS) is 13.3. The summed E-state index contributed by atoms with van der Waals surface area (Å²) in [6, 6.07) is 5.42. The Balaban J connectivity index is 2.31. The van der Waals surface area contributed by atoms with Crippen molar-refractivity contribution < 1.29 is 18.3 Å². The number of Topliss-reactive ketones (excluding diaryl/α,β-unsaturated/α-hetero) is 1. The molecule has 23 heavy (non-hydrogen) atoms. The maximum atomic E-state index is 13.8. The lowest BCUT2D eigenvalue weighted by molar-refractivity contribution is -0.121. The van der Waals surface area contributed by atoms with Crippen molar-refractivity contribution in [2.24, 2.45) is 0 Å². The zero-order chi connectivity index (χ0) is 17.0. The van der Waals surface area contributed by atoms with Crippen LogP contribution >= 0.6 is 11.3 Å². The van der Waals surface area contributed by atoms with Gasteiger partial charge in [-0.15, -0.1) is 11.3 Å². The molecule has 0 aliphatic rings. The average molecular weight is 336 g/mol. The van der Waals surface area contributed by atoms with Gasteiger partial charge in [0, 0.05) is 18.9 Å². The number of aromatic nitrogens is 1. The lowest BCUT2D eigenvalue weighted by Crippen LogP contribution is -2.18. The van der Waals surface area contributed by atoms with E-state index in [1.54, 1.807) is 6.92 Å². The molecule has 7 heteroatoms. The Kier molecular flexibility index (Phi) is 5.53. The third-order valence-electron chi connectivity index (χ3n) is 3.33. The van der Waals surface area contributed by atoms with Crippen LogP contribution in [0.5, 0.6) is 0 Å². The first-order valence-electron chi connectivity index (χ1n) is 6.82. The number of hydrogen-bond acceptors (Lipinski definition) is 5. The molecule has 0 aliphatic heterocycles. The van der Waals surface area contributed by atoms with E-state index in [9.17, 15) is 18.8 Å². The minimum absolute atomic E-state index is 0.0672. The van der Waals surface area contributed by atoms with E-state index in [-0.39, 0.29) is 34.6 Å². The first kappa shape index (κ1) is 17.2. The molecular formula is C16H14F2N2O2S. The number of ether oxygens (including phenoxy) is 1. The number of nitrogens with zero attached hydrogens (tertiary/aromatic N) is 2. The van der Waals surface area contributed by atoms with Crippen LogP contribution in [0.1, 0.15) is 24.3 Å². The zero-order valence-corrected chi connectivity index (χ0v) is 13.4. The highest BCUT2D eigenvalue weighted by atomic mass is 32.1. The Morgan fingerprint density at radius 1 is 1.43 bits per heavy atom. The summed E-state index contributed by atoms with van der Waals surface area (Å²) in [6.07, 6.45) is -0.251. The summed E-state index contributed by atoms with van der Waals surface area (Å²) in [4.78, 5) is 16.2. The van der Waals surface area contributed by atoms with Gasteiger partial charge in [-0.05, 0) is 19.1 Å². The van der Waals surface area contributed by atoms with Crippen LogP contribution in [-0.4, -0.2) is 24.0 Å². The number of nitriles is 1. The van der Waals surface area contributed by atoms with Crippen LogP contribution in [0.2, 0.25) is 0 Å². The summed E-state index contributed by atoms with van der Waals surface area (Å²) in [7, 11) is 1.47. The van der Waals surface area contributed by atoms with Crippen molar-refractivity contribution >= 4 is 17.1 Å². The maximum absolute atomic E-state index is 13.8. The van der Waals surface area contributed by atoms with Crippen LogP contribution in [0.25, 0.3) is 11.3 Å². The molecule has 2 rings (SSSR count). The summed E-state index contributed by atoms with van der Waals surface area (Å²) >= 11 is 1.03. The van der Waals surface area contributed by atoms with Gasteiger partial charge < -0.3 is 4.74 Å². The molecule has 2 unspecified atom stereocenters. The lowest BCUT2D eigenvalue weighted by Gasteiger charge is -2.10. The molecule has 0 N–H and O–H groups in total. The number of benzene rings is 1. The number of ketones is 1. The molecular weight excluding hydrogens is 322 g/mol. The molecule has 1 aromatic carbocycles. The summed E-state index contributed by atoms with van der Waals surface area (Å²) in [5.74, 6) is -2.89. The average Bonchev–Trinajstić information content (AvgIpc) is 2.97. The fraction of sp³-hybridized carbons (Fsp3) is 0.312. The summed E-state index contributed by atoms with van der Waals surface area (Å²) in [6.45, 7) is 1.72. The van der Waals surface area contributed by atoms with Crippen molar-refractivity contribution in [2.45, 2.75) is 25.4 Å². The fourth-order valence-corrected chi connectivity index (χ4v) is 2.90. The Hall–Kier alpha value is -2.17. The second-order valence-electron chi connectivity index (χ2n) is 4.95. The third-order valence-corrected chi connectivity index (χ3v) is 4.24. The molecule has 0 fully saturated rings. The minimum atomic E-state index is -1.07. The summed E-state index contributed by atoms with van der Waals surface area (Å²) < 4.78 is 32.6. The number of hydrogen-bond donors (Lipinski definition) is 0. The van der Waals surface area contributed by atoms with Crippen LogP contribution in [0.15, 0.2) is 23.6 Å². The Morgan fingerprint density at radius 2 is 2.09 bits per heavy atom. The number of methoxy groups -OCH3 is 1. The van der Waals surface area contributed by atoms with Gasteiger partial charge in [0.1, 0.15) is 16.6 Å². The van der Waals surface area contributed by atoms with Crippen molar-refractivity contribution in [2.75, 3.05) is 7.11 Å². The quantitative estimate of drug-likeness (QED) is 0.807. The molecule has 0 saturated carbocycles. The van der Waals surface area contributed by atoms with Crippen molar-refractivity contribution in [1.82, 2.24) is 4.98 Å². The van der Waals surface area contributed by atoms with Crippen molar-refractivity contribution in [3.05, 3.63) is 40.2 Å². The third kappa shape index (κ3) is 3.78. The van der Waals surface area contributed by atoms with E-state index in [0.29, 0.717) is 0 Å². The van der Waals surface area contributed by atoms with Crippen LogP contribution < -0.4 is 0 Å². The second kappa shape index (κ2) is 7.40. The number of halogens is 2. The van der Waals surface area contributed by atoms with Crippen LogP contribution in [-0.2, 0) is 9.53 Å². The zero-order valence-electron chi connectivity index (χ0n) is 12.5. The SMILES string of the molecule is COC(C)CC(=O)C(C#N)c1nc(-c2c(F)cccc2F)cs1. The van der Waals surface area contributed by atoms with Gasteiger partial charge in [0.05, 0.1) is 23.4 Å². The Morgan fingerprint density at radius 3 is 2.65 bits per heavy atom. The molecule has 0 amide bonds. The van der Waals surface area contributed by atoms with Gasteiger partial charge >= 0.3 is 0 Å². The molecule has 0 aliphatic carbocycles. The fourth-order valence-electron chi connectivity index (χ4n) is 2.03. The van der Waals surface area contributed by atoms with E-state index in [4.69, 9.17) is 4.74 Å². The molecule has 0 bridgehead atoms. The number of rotatable bonds is 6. The van der Waals surface area contributed by atoms with Crippen molar-refractivity contribution in [3.8, 4) is 17.3 Å². The molecule has 2 aromatic rings. The highest BCUT2D eigenvalue weighted by Crippen LogP contribution is 2.30. The molecule has 0 saturated heterocycles. The van der Waals surface area contributed by atoms with Gasteiger partial charge in [0.25, 0.3) is 0 Å². The van der Waals surface area contributed by atoms with E-state index in [2.05, 4.69) is 4.98 Å². The predicted octanol–water partition coefficient (Wildman–Crippen LogP) is 3.69. The second-order valence-corrected chi connectivity index (χ2v) is 5.84. The van der Waals surface area contributed by atoms with Crippen LogP contribution in [0, 0.1) is 23.0 Å². The number of carbonyl (C=O) groups excluding carboxylic acids is 1. The highest BCUT2D eigenvalue weighted by Gasteiger charge is 2.26. The Bertz CT molecular complexity index is 735. The standard InChI is InChI=1S/C16H14F2N2O2S/c1-9(22-2)6-14(21)10(7-19)16-20-13(8-23-16)15-11(17)4-3-5-12(15)18/h3-5,8-10H,6H2,1-2H3. The molecule has 0 radical (unpaired) electrons. The monoisotopic (exact) mass is 336 g/mol. The van der Waals surface area contributed by atoms with E-state index < -0.39 is 17.6 Å². The molecule has 1 heterocycles. The van der Waals surface area contributed by atoms with Crippen molar-refractivity contribution in [1.29, 1.82) is 5.26 Å². The van der Waals surface area contributed by atoms with E-state index in [1.165, 1.54) is 18.6 Å². The van der Waals surface area contributed by atoms with Gasteiger partial charge in [-0.1, -0.05) is 6.07 Å². The minimum Gasteiger partial charge on any atom is -0.381 e. The smallest absolute Gasteiger partial charge is 0.159 e. The van der Waals surface area contributed by atoms with E-state index in [1.807, 2.05) is 6.07 Å². The van der Waals surface area contributed by atoms with Gasteiger partial charge in [-0.2, -0.15) is 5.26 Å². The summed E-state index contributed by atoms with van der Waals surface area (Å²) in [5.41, 5.74) is -0.183. The van der Waals surface area contributed by atoms with E-state index >= 15 is 0 Å². The largest absolute Gasteiger partial charge is 0.381 e. The van der Waals surface area contributed by atoms with Crippen LogP contribution in [0.3, 0.4) is 0 Å². The first-order valence-corrected chi connectivity index (χ1v) is 7.70.